The van der Waals surface area contributed by atoms with E-state index in [9.17, 15) is 33.0 Å². The molecular weight excluding hydrogens is 545 g/mol. The van der Waals surface area contributed by atoms with Crippen LogP contribution in [0.15, 0.2) is 40.6 Å². The number of hydrogen-bond acceptors (Lipinski definition) is 11. The monoisotopic (exact) mass is 574 g/mol. The molecule has 0 atom stereocenters. The first-order chi connectivity index (χ1) is 18.7. The first-order valence-corrected chi connectivity index (χ1v) is 12.0. The Hall–Kier alpha value is -4.05. The number of nitrogens with zero attached hydrogens (tertiary/aromatic N) is 3. The Morgan fingerprint density at radius 3 is 2.12 bits per heavy atom. The third kappa shape index (κ3) is 7.98. The normalized spacial score (nSPS) is 14.1. The number of aromatic nitrogens is 1. The molecule has 13 nitrogen and oxygen atoms in total. The third-order valence-corrected chi connectivity index (χ3v) is 5.04. The van der Waals surface area contributed by atoms with Crippen molar-refractivity contribution >= 4 is 12.1 Å². The first-order valence-electron chi connectivity index (χ1n) is 12.0. The Morgan fingerprint density at radius 1 is 0.950 bits per heavy atom. The zero-order chi connectivity index (χ0) is 29.6. The van der Waals surface area contributed by atoms with Gasteiger partial charge in [0.15, 0.2) is 0 Å². The molecule has 0 bridgehead atoms. The Labute approximate surface area is 226 Å². The van der Waals surface area contributed by atoms with Crippen molar-refractivity contribution < 1.29 is 56.8 Å². The van der Waals surface area contributed by atoms with Crippen molar-refractivity contribution in [1.82, 2.24) is 10.0 Å². The number of nitrogens with one attached hydrogen (secondary N) is 1. The highest BCUT2D eigenvalue weighted by atomic mass is 19.4. The maximum Gasteiger partial charge on any atom is 0.442 e. The molecule has 2 aromatic rings. The molecule has 0 spiro atoms. The van der Waals surface area contributed by atoms with Crippen molar-refractivity contribution in [3.63, 3.8) is 0 Å². The van der Waals surface area contributed by atoms with Gasteiger partial charge in [0.05, 0.1) is 26.4 Å². The van der Waals surface area contributed by atoms with Gasteiger partial charge >= 0.3 is 23.9 Å². The van der Waals surface area contributed by atoms with Gasteiger partial charge in [0, 0.05) is 24.2 Å². The quantitative estimate of drug-likeness (QED) is 0.305. The molecule has 16 heteroatoms. The molecule has 0 unspecified atom stereocenters. The van der Waals surface area contributed by atoms with Crippen molar-refractivity contribution in [2.45, 2.75) is 38.2 Å². The lowest BCUT2D eigenvalue weighted by Gasteiger charge is -2.19. The highest BCUT2D eigenvalue weighted by Gasteiger charge is 2.65. The molecule has 0 saturated heterocycles. The number of alkyl halides is 3. The largest absolute Gasteiger partial charge is 0.492 e. The van der Waals surface area contributed by atoms with Crippen LogP contribution in [0, 0.1) is 0 Å². The smallest absolute Gasteiger partial charge is 0.442 e. The summed E-state index contributed by atoms with van der Waals surface area (Å²) in [5, 5.41) is 28.2. The van der Waals surface area contributed by atoms with Crippen LogP contribution in [0.2, 0.25) is 0 Å². The molecule has 0 fully saturated rings. The molecule has 0 aliphatic carbocycles. The Balaban J connectivity index is 1.51. The number of alkyl carbamates (subject to hydrolysis) is 1. The fourth-order valence-electron chi connectivity index (χ4n) is 3.17. The van der Waals surface area contributed by atoms with Crippen LogP contribution in [0.3, 0.4) is 0 Å². The average molecular weight is 575 g/mol. The second-order valence-electron chi connectivity index (χ2n) is 9.31. The summed E-state index contributed by atoms with van der Waals surface area (Å²) in [6, 6.07) is 5.11. The molecule has 1 aliphatic rings. The minimum absolute atomic E-state index is 0.0173. The number of amides is 1. The summed E-state index contributed by atoms with van der Waals surface area (Å²) < 4.78 is 62.2. The fourth-order valence-corrected chi connectivity index (χ4v) is 3.17. The van der Waals surface area contributed by atoms with E-state index in [1.807, 2.05) is 0 Å². The van der Waals surface area contributed by atoms with E-state index in [0.29, 0.717) is 4.73 Å². The predicted octanol–water partition coefficient (Wildman–Crippen LogP) is 3.29. The third-order valence-electron chi connectivity index (χ3n) is 5.04. The van der Waals surface area contributed by atoms with Gasteiger partial charge in [0.25, 0.3) is 0 Å². The molecule has 40 heavy (non-hydrogen) atoms. The van der Waals surface area contributed by atoms with Gasteiger partial charge < -0.3 is 39.3 Å². The number of carbonyl (C=O) groups is 2. The van der Waals surface area contributed by atoms with Crippen LogP contribution in [-0.4, -0.2) is 78.4 Å². The highest BCUT2D eigenvalue weighted by molar-refractivity contribution is 5.93. The van der Waals surface area contributed by atoms with Crippen LogP contribution in [0.5, 0.6) is 17.5 Å². The van der Waals surface area contributed by atoms with Gasteiger partial charge in [-0.2, -0.15) is 13.2 Å². The van der Waals surface area contributed by atoms with Gasteiger partial charge in [-0.05, 0) is 32.9 Å². The molecule has 1 aromatic carbocycles. The van der Waals surface area contributed by atoms with Gasteiger partial charge in [0.1, 0.15) is 23.5 Å². The van der Waals surface area contributed by atoms with E-state index in [1.165, 1.54) is 0 Å². The minimum Gasteiger partial charge on any atom is -0.492 e. The topological polar surface area (TPSA) is 162 Å². The molecule has 3 N–H and O–H groups in total. The van der Waals surface area contributed by atoms with Crippen LogP contribution in [0.25, 0.3) is 0 Å². The standard InChI is InChI=1S/C24H29F3N4O9/c1-22(2,3)39-21(35)28-8-9-36-10-11-37-12-13-38-17-14-15(23(29-30-23)24(25,26)27)4-5-16(17)20(34)40-31-18(32)6-7-19(31)33/h4-7,14,32-33H,8-13H2,1-3H3,(H,28,35). The fraction of sp³-hybridized carbons (Fsp3) is 0.500. The Kier molecular flexibility index (Phi) is 9.47. The molecule has 0 saturated carbocycles. The second-order valence-corrected chi connectivity index (χ2v) is 9.31. The molecular formula is C24H29F3N4O9. The maximum absolute atomic E-state index is 13.5. The molecule has 1 aliphatic heterocycles. The lowest BCUT2D eigenvalue weighted by molar-refractivity contribution is -0.166. The molecule has 3 rings (SSSR count). The number of aromatic hydroxyl groups is 2. The van der Waals surface area contributed by atoms with Gasteiger partial charge in [-0.1, -0.05) is 6.07 Å². The van der Waals surface area contributed by atoms with E-state index in [-0.39, 0.29) is 56.5 Å². The van der Waals surface area contributed by atoms with E-state index in [1.54, 1.807) is 20.8 Å². The van der Waals surface area contributed by atoms with E-state index >= 15 is 0 Å². The van der Waals surface area contributed by atoms with Gasteiger partial charge in [-0.15, -0.1) is 15.0 Å². The lowest BCUT2D eigenvalue weighted by atomic mass is 10.0. The van der Waals surface area contributed by atoms with Gasteiger partial charge in [-0.3, -0.25) is 0 Å². The number of ether oxygens (including phenoxy) is 4. The highest BCUT2D eigenvalue weighted by Crippen LogP contribution is 2.53. The summed E-state index contributed by atoms with van der Waals surface area (Å²) in [4.78, 5) is 29.2. The number of rotatable bonds is 13. The van der Waals surface area contributed by atoms with Gasteiger partial charge in [-0.25, -0.2) is 9.59 Å². The van der Waals surface area contributed by atoms with Gasteiger partial charge in [0.2, 0.25) is 11.8 Å². The van der Waals surface area contributed by atoms with Crippen LogP contribution in [0.4, 0.5) is 18.0 Å². The van der Waals surface area contributed by atoms with Crippen molar-refractivity contribution in [3.05, 3.63) is 41.5 Å². The SMILES string of the molecule is CC(C)(C)OC(=O)NCCOCCOCCOc1cc(C2(C(F)(F)F)N=N2)ccc1C(=O)On1c(O)ccc1O. The minimum atomic E-state index is -4.81. The summed E-state index contributed by atoms with van der Waals surface area (Å²) in [5.41, 5.74) is -4.04. The number of benzene rings is 1. The zero-order valence-electron chi connectivity index (χ0n) is 21.9. The molecule has 1 amide bonds. The predicted molar refractivity (Wildman–Crippen MR) is 129 cm³/mol. The van der Waals surface area contributed by atoms with Crippen molar-refractivity contribution in [2.75, 3.05) is 39.6 Å². The summed E-state index contributed by atoms with van der Waals surface area (Å²) >= 11 is 0. The van der Waals surface area contributed by atoms with Crippen LogP contribution in [-0.2, 0) is 19.9 Å². The summed E-state index contributed by atoms with van der Waals surface area (Å²) in [7, 11) is 0. The van der Waals surface area contributed by atoms with E-state index in [2.05, 4.69) is 15.5 Å². The lowest BCUT2D eigenvalue weighted by Crippen LogP contribution is -2.34. The summed E-state index contributed by atoms with van der Waals surface area (Å²) in [5.74, 6) is -2.61. The number of halogens is 3. The zero-order valence-corrected chi connectivity index (χ0v) is 21.9. The van der Waals surface area contributed by atoms with Crippen LogP contribution >= 0.6 is 0 Å². The Bertz CT molecular complexity index is 1200. The van der Waals surface area contributed by atoms with Crippen LogP contribution in [0.1, 0.15) is 36.7 Å². The van der Waals surface area contributed by atoms with E-state index in [0.717, 1.165) is 30.3 Å². The molecule has 220 valence electrons. The van der Waals surface area contributed by atoms with Crippen molar-refractivity contribution in [1.29, 1.82) is 0 Å². The second kappa shape index (κ2) is 12.4. The molecule has 0 radical (unpaired) electrons. The maximum atomic E-state index is 13.5. The van der Waals surface area contributed by atoms with Crippen molar-refractivity contribution in [3.8, 4) is 17.5 Å². The summed E-state index contributed by atoms with van der Waals surface area (Å²) in [6.45, 7) is 5.80. The number of carbonyl (C=O) groups excluding carboxylic acids is 2. The molecule has 2 heterocycles. The Morgan fingerprint density at radius 2 is 1.55 bits per heavy atom. The van der Waals surface area contributed by atoms with Crippen LogP contribution < -0.4 is 14.9 Å². The average Bonchev–Trinajstić information content (AvgIpc) is 3.62. The molecule has 1 aromatic heterocycles. The summed E-state index contributed by atoms with van der Waals surface area (Å²) in [6.07, 6.45) is -5.37. The first kappa shape index (κ1) is 30.5. The van der Waals surface area contributed by atoms with E-state index < -0.39 is 41.3 Å². The number of hydrogen-bond donors (Lipinski definition) is 3. The van der Waals surface area contributed by atoms with E-state index in [4.69, 9.17) is 23.8 Å². The van der Waals surface area contributed by atoms with Crippen molar-refractivity contribution in [2.24, 2.45) is 10.2 Å².